The number of ether oxygens (including phenoxy) is 1. The Kier molecular flexibility index (Phi) is 8.61. The van der Waals surface area contributed by atoms with Gasteiger partial charge in [0.05, 0.1) is 28.5 Å². The number of nitrogens with zero attached hydrogens (tertiary/aromatic N) is 3. The number of hydrogen-bond acceptors (Lipinski definition) is 6. The highest BCUT2D eigenvalue weighted by molar-refractivity contribution is 7.98. The Morgan fingerprint density at radius 2 is 1.84 bits per heavy atom. The van der Waals surface area contributed by atoms with Crippen LogP contribution in [0.4, 0.5) is 0 Å². The third-order valence-corrected chi connectivity index (χ3v) is 10.2. The number of carbonyl (C=O) groups excluding carboxylic acids is 1. The highest BCUT2D eigenvalue weighted by Crippen LogP contribution is 2.33. The molecule has 0 amide bonds. The van der Waals surface area contributed by atoms with Crippen LogP contribution in [0, 0.1) is 6.92 Å². The first-order valence-corrected chi connectivity index (χ1v) is 16.9. The number of hydrogen-bond donors (Lipinski definition) is 0. The molecule has 3 heterocycles. The predicted octanol–water partition coefficient (Wildman–Crippen LogP) is 7.14. The van der Waals surface area contributed by atoms with Gasteiger partial charge in [-0.05, 0) is 74.6 Å². The fourth-order valence-electron chi connectivity index (χ4n) is 5.69. The summed E-state index contributed by atoms with van der Waals surface area (Å²) in [4.78, 5) is 33.8. The van der Waals surface area contributed by atoms with Crippen molar-refractivity contribution in [3.8, 4) is 0 Å². The van der Waals surface area contributed by atoms with Gasteiger partial charge in [0.25, 0.3) is 5.56 Å². The van der Waals surface area contributed by atoms with E-state index in [9.17, 15) is 9.59 Å². The van der Waals surface area contributed by atoms with Crippen LogP contribution in [0.1, 0.15) is 42.3 Å². The van der Waals surface area contributed by atoms with Gasteiger partial charge in [-0.25, -0.2) is 9.79 Å². The van der Waals surface area contributed by atoms with Gasteiger partial charge in [-0.1, -0.05) is 70.9 Å². The maximum absolute atomic E-state index is 14.2. The zero-order valence-corrected chi connectivity index (χ0v) is 27.7. The van der Waals surface area contributed by atoms with Crippen LogP contribution in [0.2, 0.25) is 10.0 Å². The van der Waals surface area contributed by atoms with Crippen molar-refractivity contribution in [1.29, 1.82) is 0 Å². The number of allylic oxidation sites excluding steroid dienone is 1. The van der Waals surface area contributed by atoms with Crippen molar-refractivity contribution in [2.24, 2.45) is 4.99 Å². The average molecular weight is 663 g/mol. The normalized spacial score (nSPS) is 15.0. The highest BCUT2D eigenvalue weighted by atomic mass is 35.5. The second-order valence-corrected chi connectivity index (χ2v) is 13.1. The third-order valence-electron chi connectivity index (χ3n) is 7.85. The molecule has 0 saturated carbocycles. The number of benzene rings is 3. The zero-order chi connectivity index (χ0) is 31.1. The first-order chi connectivity index (χ1) is 21.2. The van der Waals surface area contributed by atoms with Gasteiger partial charge in [-0.3, -0.25) is 9.36 Å². The van der Waals surface area contributed by atoms with Crippen LogP contribution in [0.15, 0.2) is 92.7 Å². The number of fused-ring (bicyclic) bond motifs is 2. The molecule has 0 fully saturated rings. The first-order valence-electron chi connectivity index (χ1n) is 14.1. The van der Waals surface area contributed by atoms with Gasteiger partial charge in [0, 0.05) is 43.6 Å². The third kappa shape index (κ3) is 5.45. The lowest BCUT2D eigenvalue weighted by molar-refractivity contribution is -0.139. The SMILES string of the molecule is CCOC(=O)C1=C(C)N=c2s/c(=C\c3c(C)n(Cc4ccc(Cl)cc4Cl)c4ccccc34)c(=O)n2[C@@H]1c1ccc(SC)cc1. The van der Waals surface area contributed by atoms with Gasteiger partial charge in [-0.15, -0.1) is 11.8 Å². The van der Waals surface area contributed by atoms with Crippen LogP contribution in [-0.4, -0.2) is 28.0 Å². The van der Waals surface area contributed by atoms with Gasteiger partial charge < -0.3 is 9.30 Å². The molecule has 44 heavy (non-hydrogen) atoms. The standard InChI is InChI=1S/C34H29Cl2N3O3S2/c1-5-42-33(41)30-19(2)37-34-39(31(30)21-11-14-24(43-4)15-12-21)32(40)29(44-34)17-26-20(3)38(28-9-7-6-8-25(26)28)18-22-10-13-23(35)16-27(22)36/h6-17,31H,5,18H2,1-4H3/b29-17-/t31-/m1/s1. The number of carbonyl (C=O) groups is 1. The summed E-state index contributed by atoms with van der Waals surface area (Å²) in [6.07, 6.45) is 3.95. The molecule has 1 atom stereocenters. The summed E-state index contributed by atoms with van der Waals surface area (Å²) in [7, 11) is 0. The molecule has 1 aliphatic rings. The molecular formula is C34H29Cl2N3O3S2. The van der Waals surface area contributed by atoms with Gasteiger partial charge in [0.2, 0.25) is 0 Å². The minimum absolute atomic E-state index is 0.209. The lowest BCUT2D eigenvalue weighted by Gasteiger charge is -2.24. The smallest absolute Gasteiger partial charge is 0.338 e. The van der Waals surface area contributed by atoms with Crippen molar-refractivity contribution in [3.63, 3.8) is 0 Å². The molecule has 0 spiro atoms. The van der Waals surface area contributed by atoms with E-state index in [1.165, 1.54) is 11.3 Å². The summed E-state index contributed by atoms with van der Waals surface area (Å²) in [5.41, 5.74) is 5.44. The maximum Gasteiger partial charge on any atom is 0.338 e. The Labute approximate surface area is 272 Å². The van der Waals surface area contributed by atoms with Crippen molar-refractivity contribution in [2.75, 3.05) is 12.9 Å². The molecule has 2 aromatic heterocycles. The van der Waals surface area contributed by atoms with Crippen LogP contribution >= 0.6 is 46.3 Å². The first kappa shape index (κ1) is 30.5. The molecule has 0 N–H and O–H groups in total. The molecule has 6 nitrogen and oxygen atoms in total. The van der Waals surface area contributed by atoms with Gasteiger partial charge in [0.15, 0.2) is 4.80 Å². The Morgan fingerprint density at radius 1 is 1.09 bits per heavy atom. The van der Waals surface area contributed by atoms with Crippen molar-refractivity contribution < 1.29 is 9.53 Å². The van der Waals surface area contributed by atoms with Gasteiger partial charge in [0.1, 0.15) is 0 Å². The second-order valence-electron chi connectivity index (χ2n) is 10.4. The summed E-state index contributed by atoms with van der Waals surface area (Å²) in [5, 5.41) is 2.21. The minimum Gasteiger partial charge on any atom is -0.463 e. The Morgan fingerprint density at radius 3 is 2.55 bits per heavy atom. The summed E-state index contributed by atoms with van der Waals surface area (Å²) < 4.78 is 9.80. The maximum atomic E-state index is 14.2. The molecule has 10 heteroatoms. The van der Waals surface area contributed by atoms with E-state index in [4.69, 9.17) is 32.9 Å². The predicted molar refractivity (Wildman–Crippen MR) is 181 cm³/mol. The summed E-state index contributed by atoms with van der Waals surface area (Å²) >= 11 is 15.6. The fraction of sp³-hybridized carbons (Fsp3) is 0.206. The molecule has 0 aliphatic carbocycles. The Hall–Kier alpha value is -3.56. The van der Waals surface area contributed by atoms with E-state index < -0.39 is 12.0 Å². The number of para-hydroxylation sites is 1. The van der Waals surface area contributed by atoms with Crippen molar-refractivity contribution >= 4 is 69.2 Å². The molecule has 3 aromatic carbocycles. The van der Waals surface area contributed by atoms with Gasteiger partial charge >= 0.3 is 5.97 Å². The van der Waals surface area contributed by atoms with Gasteiger partial charge in [-0.2, -0.15) is 0 Å². The second kappa shape index (κ2) is 12.4. The Bertz CT molecular complexity index is 2140. The molecule has 224 valence electrons. The van der Waals surface area contributed by atoms with Crippen LogP contribution in [0.3, 0.4) is 0 Å². The van der Waals surface area contributed by atoms with E-state index in [-0.39, 0.29) is 12.2 Å². The molecule has 0 unspecified atom stereocenters. The van der Waals surface area contributed by atoms with Crippen molar-refractivity contribution in [1.82, 2.24) is 9.13 Å². The van der Waals surface area contributed by atoms with E-state index in [1.54, 1.807) is 36.2 Å². The number of rotatable bonds is 7. The summed E-state index contributed by atoms with van der Waals surface area (Å²) in [6, 6.07) is 20.9. The van der Waals surface area contributed by atoms with Crippen LogP contribution < -0.4 is 14.9 Å². The van der Waals surface area contributed by atoms with Crippen molar-refractivity contribution in [3.05, 3.63) is 130 Å². The van der Waals surface area contributed by atoms with E-state index in [0.717, 1.165) is 38.2 Å². The molecule has 0 bridgehead atoms. The van der Waals surface area contributed by atoms with Crippen molar-refractivity contribution in [2.45, 2.75) is 38.3 Å². The quantitative estimate of drug-likeness (QED) is 0.137. The largest absolute Gasteiger partial charge is 0.463 e. The number of esters is 1. The number of thioether (sulfide) groups is 1. The fourth-order valence-corrected chi connectivity index (χ4v) is 7.59. The molecule has 0 radical (unpaired) electrons. The van der Waals surface area contributed by atoms with E-state index in [2.05, 4.69) is 16.7 Å². The topological polar surface area (TPSA) is 65.6 Å². The molecular weight excluding hydrogens is 633 g/mol. The molecule has 0 saturated heterocycles. The van der Waals surface area contributed by atoms with E-state index in [1.807, 2.05) is 67.8 Å². The highest BCUT2D eigenvalue weighted by Gasteiger charge is 2.33. The summed E-state index contributed by atoms with van der Waals surface area (Å²) in [5.74, 6) is -0.471. The zero-order valence-electron chi connectivity index (χ0n) is 24.6. The van der Waals surface area contributed by atoms with E-state index >= 15 is 0 Å². The number of thiazole rings is 1. The number of halogens is 2. The monoisotopic (exact) mass is 661 g/mol. The number of aromatic nitrogens is 2. The molecule has 6 rings (SSSR count). The summed E-state index contributed by atoms with van der Waals surface area (Å²) in [6.45, 7) is 6.39. The van der Waals surface area contributed by atoms with Crippen LogP contribution in [0.5, 0.6) is 0 Å². The van der Waals surface area contributed by atoms with Crippen LogP contribution in [0.25, 0.3) is 17.0 Å². The lowest BCUT2D eigenvalue weighted by atomic mass is 9.96. The molecule has 1 aliphatic heterocycles. The minimum atomic E-state index is -0.655. The lowest BCUT2D eigenvalue weighted by Crippen LogP contribution is -2.39. The van der Waals surface area contributed by atoms with E-state index in [0.29, 0.717) is 37.2 Å². The average Bonchev–Trinajstić information content (AvgIpc) is 3.46. The Balaban J connectivity index is 1.54. The molecule has 5 aromatic rings. The van der Waals surface area contributed by atoms with Crippen LogP contribution in [-0.2, 0) is 16.1 Å².